The van der Waals surface area contributed by atoms with E-state index >= 15 is 0 Å². The summed E-state index contributed by atoms with van der Waals surface area (Å²) in [5.74, 6) is -0.574. The molecule has 0 heterocycles. The summed E-state index contributed by atoms with van der Waals surface area (Å²) in [5.41, 5.74) is -1.04. The second-order valence-corrected chi connectivity index (χ2v) is 10.9. The molecule has 0 radical (unpaired) electrons. The Kier molecular flexibility index (Phi) is 5.85. The summed E-state index contributed by atoms with van der Waals surface area (Å²) in [5, 5.41) is 0. The second kappa shape index (κ2) is 5.90. The first-order chi connectivity index (χ1) is 8.47. The van der Waals surface area contributed by atoms with E-state index in [1.165, 1.54) is 0 Å². The predicted octanol–water partition coefficient (Wildman–Crippen LogP) is 1.36. The average molecular weight is 329 g/mol. The van der Waals surface area contributed by atoms with E-state index in [2.05, 4.69) is 4.72 Å². The van der Waals surface area contributed by atoms with Crippen LogP contribution in [0.1, 0.15) is 48.5 Å². The summed E-state index contributed by atoms with van der Waals surface area (Å²) in [6, 6.07) is -0.297. The van der Waals surface area contributed by atoms with E-state index < -0.39 is 31.5 Å². The van der Waals surface area contributed by atoms with Gasteiger partial charge in [0.05, 0.1) is 6.26 Å². The third kappa shape index (κ3) is 6.51. The summed E-state index contributed by atoms with van der Waals surface area (Å²) in [6.07, 6.45) is 1.01. The molecule has 0 rings (SSSR count). The van der Waals surface area contributed by atoms with Gasteiger partial charge in [0.15, 0.2) is 0 Å². The predicted molar refractivity (Wildman–Crippen MR) is 82.3 cm³/mol. The van der Waals surface area contributed by atoms with Crippen LogP contribution in [0.15, 0.2) is 0 Å². The number of hydrogen-bond acceptors (Lipinski definition) is 4. The lowest BCUT2D eigenvalue weighted by molar-refractivity contribution is 0.274. The first-order valence-corrected chi connectivity index (χ1v) is 9.95. The van der Waals surface area contributed by atoms with Crippen molar-refractivity contribution in [3.8, 4) is 0 Å². The molecule has 0 amide bonds. The van der Waals surface area contributed by atoms with Crippen molar-refractivity contribution in [2.24, 2.45) is 5.41 Å². The molecule has 0 aliphatic heterocycles. The molecule has 0 aromatic carbocycles. The maximum atomic E-state index is 12.2. The Morgan fingerprint density at radius 2 is 1.40 bits per heavy atom. The Morgan fingerprint density at radius 1 is 1.00 bits per heavy atom. The van der Waals surface area contributed by atoms with Gasteiger partial charge in [0, 0.05) is 11.6 Å². The third-order valence-electron chi connectivity index (χ3n) is 3.09. The molecule has 6 nitrogen and oxygen atoms in total. The Balaban J connectivity index is 5.26. The minimum atomic E-state index is -3.73. The number of rotatable bonds is 5. The number of hydrogen-bond donors (Lipinski definition) is 1. The van der Waals surface area contributed by atoms with E-state index in [-0.39, 0.29) is 11.5 Å². The van der Waals surface area contributed by atoms with E-state index in [0.29, 0.717) is 0 Å². The number of nitrogens with zero attached hydrogens (tertiary/aromatic N) is 1. The summed E-state index contributed by atoms with van der Waals surface area (Å²) in [4.78, 5) is 0. The Hall–Kier alpha value is -0.180. The smallest absolute Gasteiger partial charge is 0.212 e. The van der Waals surface area contributed by atoms with Crippen molar-refractivity contribution in [3.63, 3.8) is 0 Å². The highest BCUT2D eigenvalue weighted by Gasteiger charge is 2.35. The minimum Gasteiger partial charge on any atom is -0.212 e. The van der Waals surface area contributed by atoms with Gasteiger partial charge in [0.1, 0.15) is 5.88 Å². The molecule has 0 spiro atoms. The average Bonchev–Trinajstić information content (AvgIpc) is 2.08. The molecule has 0 fully saturated rings. The highest BCUT2D eigenvalue weighted by Crippen LogP contribution is 2.21. The van der Waals surface area contributed by atoms with Crippen molar-refractivity contribution >= 4 is 20.0 Å². The van der Waals surface area contributed by atoms with Gasteiger partial charge < -0.3 is 0 Å². The van der Waals surface area contributed by atoms with Crippen LogP contribution in [-0.4, -0.2) is 44.9 Å². The zero-order valence-corrected chi connectivity index (χ0v) is 15.3. The quantitative estimate of drug-likeness (QED) is 0.826. The van der Waals surface area contributed by atoms with Crippen LogP contribution in [0.25, 0.3) is 0 Å². The molecule has 1 unspecified atom stereocenters. The van der Waals surface area contributed by atoms with Crippen LogP contribution in [0.4, 0.5) is 0 Å². The van der Waals surface area contributed by atoms with E-state index in [1.807, 2.05) is 20.8 Å². The molecule has 0 aliphatic carbocycles. The molecule has 0 saturated carbocycles. The molecular formula is C12H28N2O4S2. The SMILES string of the molecule is CC(NS(=O)(=O)CN(C(C)(C)C)S(C)(=O)=O)C(C)(C)C. The van der Waals surface area contributed by atoms with Crippen molar-refractivity contribution < 1.29 is 16.8 Å². The lowest BCUT2D eigenvalue weighted by Crippen LogP contribution is -2.52. The van der Waals surface area contributed by atoms with Crippen molar-refractivity contribution in [1.29, 1.82) is 0 Å². The largest absolute Gasteiger partial charge is 0.226 e. The van der Waals surface area contributed by atoms with Gasteiger partial charge in [0.2, 0.25) is 20.0 Å². The molecule has 20 heavy (non-hydrogen) atoms. The molecule has 1 N–H and O–H groups in total. The van der Waals surface area contributed by atoms with Gasteiger partial charge in [0.25, 0.3) is 0 Å². The van der Waals surface area contributed by atoms with Gasteiger partial charge in [-0.2, -0.15) is 4.31 Å². The van der Waals surface area contributed by atoms with Gasteiger partial charge in [-0.15, -0.1) is 0 Å². The van der Waals surface area contributed by atoms with Crippen molar-refractivity contribution in [2.75, 3.05) is 12.1 Å². The van der Waals surface area contributed by atoms with Crippen molar-refractivity contribution in [1.82, 2.24) is 9.03 Å². The first kappa shape index (κ1) is 19.8. The van der Waals surface area contributed by atoms with Gasteiger partial charge >= 0.3 is 0 Å². The van der Waals surface area contributed by atoms with Gasteiger partial charge in [-0.3, -0.25) is 0 Å². The summed E-state index contributed by atoms with van der Waals surface area (Å²) in [6.45, 7) is 12.5. The monoisotopic (exact) mass is 328 g/mol. The summed E-state index contributed by atoms with van der Waals surface area (Å²) < 4.78 is 51.4. The van der Waals surface area contributed by atoms with E-state index in [0.717, 1.165) is 10.6 Å². The van der Waals surface area contributed by atoms with Gasteiger partial charge in [-0.1, -0.05) is 20.8 Å². The Morgan fingerprint density at radius 3 is 1.65 bits per heavy atom. The van der Waals surface area contributed by atoms with Crippen LogP contribution in [-0.2, 0) is 20.0 Å². The molecule has 0 aromatic rings. The Labute approximate surface area is 124 Å². The van der Waals surface area contributed by atoms with E-state index in [1.54, 1.807) is 27.7 Å². The number of nitrogens with one attached hydrogen (secondary N) is 1. The molecule has 0 aliphatic rings. The first-order valence-electron chi connectivity index (χ1n) is 6.44. The zero-order valence-electron chi connectivity index (χ0n) is 13.7. The summed E-state index contributed by atoms with van der Waals surface area (Å²) >= 11 is 0. The number of sulfonamides is 2. The van der Waals surface area contributed by atoms with Gasteiger partial charge in [-0.05, 0) is 33.1 Å². The normalized spacial score (nSPS) is 16.4. The molecule has 0 bridgehead atoms. The van der Waals surface area contributed by atoms with Gasteiger partial charge in [-0.25, -0.2) is 21.6 Å². The minimum absolute atomic E-state index is 0.245. The standard InChI is InChI=1S/C12H28N2O4S2/c1-10(11(2,3)4)13-20(17,18)9-14(12(5,6)7)19(8,15)16/h10,13H,9H2,1-8H3. The molecule has 0 saturated heterocycles. The third-order valence-corrected chi connectivity index (χ3v) is 6.04. The molecule has 0 aromatic heterocycles. The maximum absolute atomic E-state index is 12.2. The Bertz CT molecular complexity index is 525. The van der Waals surface area contributed by atoms with Crippen LogP contribution < -0.4 is 4.72 Å². The highest BCUT2D eigenvalue weighted by molar-refractivity contribution is 7.92. The van der Waals surface area contributed by atoms with Crippen molar-refractivity contribution in [3.05, 3.63) is 0 Å². The van der Waals surface area contributed by atoms with Crippen LogP contribution in [0.2, 0.25) is 0 Å². The molecule has 1 atom stereocenters. The maximum Gasteiger partial charge on any atom is 0.226 e. The summed E-state index contributed by atoms with van der Waals surface area (Å²) in [7, 11) is -7.35. The molecule has 8 heteroatoms. The van der Waals surface area contributed by atoms with Crippen LogP contribution in [0, 0.1) is 5.41 Å². The van der Waals surface area contributed by atoms with Crippen LogP contribution in [0.5, 0.6) is 0 Å². The van der Waals surface area contributed by atoms with E-state index in [4.69, 9.17) is 0 Å². The topological polar surface area (TPSA) is 83.6 Å². The fourth-order valence-electron chi connectivity index (χ4n) is 1.42. The van der Waals surface area contributed by atoms with Crippen LogP contribution in [0.3, 0.4) is 0 Å². The van der Waals surface area contributed by atoms with Crippen LogP contribution >= 0.6 is 0 Å². The zero-order chi connectivity index (χ0) is 16.6. The fourth-order valence-corrected chi connectivity index (χ4v) is 5.26. The fraction of sp³-hybridized carbons (Fsp3) is 1.00. The molecule has 122 valence electrons. The molecular weight excluding hydrogens is 300 g/mol. The lowest BCUT2D eigenvalue weighted by Gasteiger charge is -2.34. The lowest BCUT2D eigenvalue weighted by atomic mass is 9.89. The van der Waals surface area contributed by atoms with Crippen molar-refractivity contribution in [2.45, 2.75) is 60.0 Å². The second-order valence-electron chi connectivity index (χ2n) is 7.23. The highest BCUT2D eigenvalue weighted by atomic mass is 32.2. The van der Waals surface area contributed by atoms with E-state index in [9.17, 15) is 16.8 Å².